The highest BCUT2D eigenvalue weighted by Gasteiger charge is 2.06. The number of nitrogens with zero attached hydrogens (tertiary/aromatic N) is 4. The van der Waals surface area contributed by atoms with Gasteiger partial charge >= 0.3 is 0 Å². The molecule has 0 aromatic carbocycles. The first-order chi connectivity index (χ1) is 7.75. The summed E-state index contributed by atoms with van der Waals surface area (Å²) in [5, 5.41) is 15.4. The quantitative estimate of drug-likeness (QED) is 0.832. The van der Waals surface area contributed by atoms with E-state index in [1.54, 1.807) is 10.9 Å². The molecule has 0 aliphatic carbocycles. The van der Waals surface area contributed by atoms with Crippen LogP contribution in [0.15, 0.2) is 30.7 Å². The van der Waals surface area contributed by atoms with Crippen LogP contribution < -0.4 is 5.32 Å². The molecule has 16 heavy (non-hydrogen) atoms. The van der Waals surface area contributed by atoms with Crippen LogP contribution in [0.4, 0.5) is 0 Å². The zero-order valence-corrected chi connectivity index (χ0v) is 9.46. The first kappa shape index (κ1) is 10.8. The van der Waals surface area contributed by atoms with E-state index in [1.165, 1.54) is 5.56 Å². The minimum absolute atomic E-state index is 0.260. The molecule has 0 aliphatic rings. The zero-order valence-electron chi connectivity index (χ0n) is 9.46. The number of aryl methyl sites for hydroxylation is 1. The molecule has 1 unspecified atom stereocenters. The number of rotatable bonds is 4. The largest absolute Gasteiger partial charge is 0.304 e. The van der Waals surface area contributed by atoms with Gasteiger partial charge in [-0.3, -0.25) is 4.68 Å². The lowest BCUT2D eigenvalue weighted by Gasteiger charge is -2.10. The molecular formula is C11H15N5. The smallest absolute Gasteiger partial charge is 0.0769 e. The lowest BCUT2D eigenvalue weighted by Crippen LogP contribution is -2.18. The van der Waals surface area contributed by atoms with Crippen molar-refractivity contribution in [2.75, 3.05) is 0 Å². The molecule has 0 amide bonds. The van der Waals surface area contributed by atoms with E-state index in [-0.39, 0.29) is 6.04 Å². The first-order valence-corrected chi connectivity index (χ1v) is 5.24. The average molecular weight is 217 g/mol. The van der Waals surface area contributed by atoms with Gasteiger partial charge in [-0.1, -0.05) is 0 Å². The van der Waals surface area contributed by atoms with Gasteiger partial charge in [-0.2, -0.15) is 15.3 Å². The van der Waals surface area contributed by atoms with E-state index in [4.69, 9.17) is 0 Å². The standard InChI is InChI=1S/C11H15N5/c1-9(10-6-14-16(2)8-10)12-7-11-4-3-5-13-15-11/h3-6,8-9,12H,7H2,1-2H3. The van der Waals surface area contributed by atoms with Crippen LogP contribution in [0.1, 0.15) is 24.2 Å². The Kier molecular flexibility index (Phi) is 3.26. The maximum absolute atomic E-state index is 4.14. The molecule has 0 radical (unpaired) electrons. The minimum Gasteiger partial charge on any atom is -0.304 e. The Balaban J connectivity index is 1.91. The minimum atomic E-state index is 0.260. The van der Waals surface area contributed by atoms with Gasteiger partial charge in [0.1, 0.15) is 0 Å². The van der Waals surface area contributed by atoms with Crippen molar-refractivity contribution in [1.82, 2.24) is 25.3 Å². The second kappa shape index (κ2) is 4.85. The zero-order chi connectivity index (χ0) is 11.4. The molecule has 5 nitrogen and oxygen atoms in total. The van der Waals surface area contributed by atoms with Crippen LogP contribution in [0.3, 0.4) is 0 Å². The lowest BCUT2D eigenvalue weighted by molar-refractivity contribution is 0.563. The normalized spacial score (nSPS) is 12.6. The molecule has 2 rings (SSSR count). The summed E-state index contributed by atoms with van der Waals surface area (Å²) in [4.78, 5) is 0. The molecule has 0 fully saturated rings. The van der Waals surface area contributed by atoms with Crippen LogP contribution in [-0.2, 0) is 13.6 Å². The topological polar surface area (TPSA) is 55.6 Å². The van der Waals surface area contributed by atoms with E-state index in [2.05, 4.69) is 27.5 Å². The second-order valence-electron chi connectivity index (χ2n) is 3.76. The van der Waals surface area contributed by atoms with Gasteiger partial charge in [-0.05, 0) is 19.1 Å². The molecule has 2 aromatic rings. The van der Waals surface area contributed by atoms with Crippen molar-refractivity contribution in [3.8, 4) is 0 Å². The summed E-state index contributed by atoms with van der Waals surface area (Å²) >= 11 is 0. The molecule has 1 N–H and O–H groups in total. The van der Waals surface area contributed by atoms with Crippen molar-refractivity contribution in [3.05, 3.63) is 42.0 Å². The van der Waals surface area contributed by atoms with E-state index in [1.807, 2.05) is 31.6 Å². The Morgan fingerprint density at radius 2 is 2.38 bits per heavy atom. The molecule has 0 saturated carbocycles. The van der Waals surface area contributed by atoms with Gasteiger partial charge in [0.15, 0.2) is 0 Å². The maximum Gasteiger partial charge on any atom is 0.0769 e. The van der Waals surface area contributed by atoms with Crippen LogP contribution in [0.25, 0.3) is 0 Å². The predicted molar refractivity (Wildman–Crippen MR) is 60.5 cm³/mol. The third-order valence-electron chi connectivity index (χ3n) is 2.44. The number of hydrogen-bond donors (Lipinski definition) is 1. The van der Waals surface area contributed by atoms with E-state index < -0.39 is 0 Å². The van der Waals surface area contributed by atoms with Gasteiger partial charge in [0.2, 0.25) is 0 Å². The van der Waals surface area contributed by atoms with Gasteiger partial charge in [0.25, 0.3) is 0 Å². The van der Waals surface area contributed by atoms with E-state index in [9.17, 15) is 0 Å². The maximum atomic E-state index is 4.14. The third-order valence-corrected chi connectivity index (χ3v) is 2.44. The molecule has 1 atom stereocenters. The SMILES string of the molecule is CC(NCc1cccnn1)c1cnn(C)c1. The molecule has 5 heteroatoms. The Hall–Kier alpha value is -1.75. The third kappa shape index (κ3) is 2.64. The van der Waals surface area contributed by atoms with Crippen LogP contribution >= 0.6 is 0 Å². The van der Waals surface area contributed by atoms with Crippen LogP contribution in [0.2, 0.25) is 0 Å². The molecule has 0 aliphatic heterocycles. The summed E-state index contributed by atoms with van der Waals surface area (Å²) in [6.07, 6.45) is 5.55. The molecule has 84 valence electrons. The molecule has 2 aromatic heterocycles. The van der Waals surface area contributed by atoms with Gasteiger partial charge in [0, 0.05) is 37.6 Å². The van der Waals surface area contributed by atoms with Gasteiger partial charge in [-0.15, -0.1) is 0 Å². The van der Waals surface area contributed by atoms with Crippen molar-refractivity contribution < 1.29 is 0 Å². The van der Waals surface area contributed by atoms with E-state index in [0.29, 0.717) is 6.54 Å². The fourth-order valence-corrected chi connectivity index (χ4v) is 1.47. The van der Waals surface area contributed by atoms with Crippen molar-refractivity contribution in [2.24, 2.45) is 7.05 Å². The summed E-state index contributed by atoms with van der Waals surface area (Å²) in [5.74, 6) is 0. The predicted octanol–water partition coefficient (Wildman–Crippen LogP) is 1.06. The summed E-state index contributed by atoms with van der Waals surface area (Å²) < 4.78 is 1.80. The molecule has 0 saturated heterocycles. The molecule has 0 spiro atoms. The highest BCUT2D eigenvalue weighted by Crippen LogP contribution is 2.10. The molecule has 2 heterocycles. The summed E-state index contributed by atoms with van der Waals surface area (Å²) in [6.45, 7) is 2.82. The van der Waals surface area contributed by atoms with Crippen LogP contribution in [0.5, 0.6) is 0 Å². The second-order valence-corrected chi connectivity index (χ2v) is 3.76. The molecular weight excluding hydrogens is 202 g/mol. The lowest BCUT2D eigenvalue weighted by atomic mass is 10.2. The summed E-state index contributed by atoms with van der Waals surface area (Å²) in [7, 11) is 1.92. The van der Waals surface area contributed by atoms with Crippen LogP contribution in [0, 0.1) is 0 Å². The van der Waals surface area contributed by atoms with E-state index >= 15 is 0 Å². The monoisotopic (exact) mass is 217 g/mol. The van der Waals surface area contributed by atoms with Crippen molar-refractivity contribution >= 4 is 0 Å². The van der Waals surface area contributed by atoms with Gasteiger partial charge < -0.3 is 5.32 Å². The Labute approximate surface area is 94.5 Å². The Morgan fingerprint density at radius 1 is 1.50 bits per heavy atom. The van der Waals surface area contributed by atoms with Crippen molar-refractivity contribution in [1.29, 1.82) is 0 Å². The number of aromatic nitrogens is 4. The Bertz CT molecular complexity index is 437. The highest BCUT2D eigenvalue weighted by atomic mass is 15.2. The van der Waals surface area contributed by atoms with Gasteiger partial charge in [0.05, 0.1) is 11.9 Å². The number of nitrogens with one attached hydrogen (secondary N) is 1. The first-order valence-electron chi connectivity index (χ1n) is 5.24. The fraction of sp³-hybridized carbons (Fsp3) is 0.364. The molecule has 0 bridgehead atoms. The summed E-state index contributed by atoms with van der Waals surface area (Å²) in [6, 6.07) is 4.10. The fourth-order valence-electron chi connectivity index (χ4n) is 1.47. The van der Waals surface area contributed by atoms with Crippen molar-refractivity contribution in [3.63, 3.8) is 0 Å². The average Bonchev–Trinajstić information content (AvgIpc) is 2.74. The summed E-state index contributed by atoms with van der Waals surface area (Å²) in [5.41, 5.74) is 2.12. The number of hydrogen-bond acceptors (Lipinski definition) is 4. The van der Waals surface area contributed by atoms with Gasteiger partial charge in [-0.25, -0.2) is 0 Å². The van der Waals surface area contributed by atoms with E-state index in [0.717, 1.165) is 5.69 Å². The van der Waals surface area contributed by atoms with Crippen molar-refractivity contribution in [2.45, 2.75) is 19.5 Å². The Morgan fingerprint density at radius 3 is 3.00 bits per heavy atom. The van der Waals surface area contributed by atoms with Crippen LogP contribution in [-0.4, -0.2) is 20.0 Å². The highest BCUT2D eigenvalue weighted by molar-refractivity contribution is 5.09.